The number of nitrogens with zero attached hydrogens (tertiary/aromatic N) is 4. The molecule has 0 aliphatic rings. The Morgan fingerprint density at radius 2 is 0.333 bits per heavy atom. The maximum absolute atomic E-state index is 5.28. The molecule has 0 amide bonds. The first-order chi connectivity index (χ1) is 38.6. The molecule has 0 saturated carbocycles. The van der Waals surface area contributed by atoms with Gasteiger partial charge in [0.05, 0.1) is 11.4 Å². The third-order valence-electron chi connectivity index (χ3n) is 14.4. The lowest BCUT2D eigenvalue weighted by atomic mass is 9.95. The molecular formula is C74H50N4. The lowest BCUT2D eigenvalue weighted by molar-refractivity contribution is 1.07. The van der Waals surface area contributed by atoms with Crippen LogP contribution in [0.5, 0.6) is 0 Å². The van der Waals surface area contributed by atoms with E-state index in [1.165, 1.54) is 22.3 Å². The van der Waals surface area contributed by atoms with Crippen molar-refractivity contribution in [1.82, 2.24) is 19.9 Å². The third-order valence-corrected chi connectivity index (χ3v) is 14.4. The van der Waals surface area contributed by atoms with Crippen LogP contribution in [0.2, 0.25) is 0 Å². The smallest absolute Gasteiger partial charge is 0.164 e. The minimum Gasteiger partial charge on any atom is -0.248 e. The highest BCUT2D eigenvalue weighted by atomic mass is 15.0. The summed E-state index contributed by atoms with van der Waals surface area (Å²) in [5.74, 6) is 1.86. The van der Waals surface area contributed by atoms with Crippen molar-refractivity contribution in [2.24, 2.45) is 0 Å². The van der Waals surface area contributed by atoms with Gasteiger partial charge in [-0.3, -0.25) is 0 Å². The summed E-state index contributed by atoms with van der Waals surface area (Å²) in [7, 11) is 0. The lowest BCUT2D eigenvalue weighted by Gasteiger charge is -2.12. The van der Waals surface area contributed by atoms with Gasteiger partial charge >= 0.3 is 0 Å². The van der Waals surface area contributed by atoms with Gasteiger partial charge in [0.15, 0.2) is 17.5 Å². The van der Waals surface area contributed by atoms with Gasteiger partial charge in [0.25, 0.3) is 0 Å². The highest BCUT2D eigenvalue weighted by molar-refractivity contribution is 5.82. The predicted molar refractivity (Wildman–Crippen MR) is 323 cm³/mol. The number of rotatable bonds is 12. The van der Waals surface area contributed by atoms with Crippen LogP contribution in [0.15, 0.2) is 303 Å². The quantitative estimate of drug-likeness (QED) is 0.122. The third kappa shape index (κ3) is 10.2. The van der Waals surface area contributed by atoms with Gasteiger partial charge < -0.3 is 0 Å². The standard InChI is InChI=1S/C74H50N4/c1-5-14-51(15-6-1)55-28-38-62(39-29-55)70-49-69(50-71(75-70)63-40-30-56(31-41-63)52-16-7-2-8-17-52)61-26-24-59(25-27-61)67-22-13-23-68(48-67)60-36-46-66(47-37-60)74-77-72(64-42-32-57(33-43-64)53-18-9-3-10-19-53)76-73(78-74)65-44-34-58(35-45-65)54-20-11-4-12-21-54/h1-50H. The topological polar surface area (TPSA) is 51.6 Å². The summed E-state index contributed by atoms with van der Waals surface area (Å²) in [6.45, 7) is 0. The summed E-state index contributed by atoms with van der Waals surface area (Å²) in [4.78, 5) is 20.5. The van der Waals surface area contributed by atoms with Crippen molar-refractivity contribution in [1.29, 1.82) is 0 Å². The highest BCUT2D eigenvalue weighted by Gasteiger charge is 2.15. The number of aromatic nitrogens is 4. The largest absolute Gasteiger partial charge is 0.248 e. The fraction of sp³-hybridized carbons (Fsp3) is 0. The number of benzene rings is 11. The van der Waals surface area contributed by atoms with Crippen molar-refractivity contribution >= 4 is 0 Å². The zero-order chi connectivity index (χ0) is 52.0. The van der Waals surface area contributed by atoms with Gasteiger partial charge in [0.2, 0.25) is 0 Å². The average Bonchev–Trinajstić information content (AvgIpc) is 3.54. The van der Waals surface area contributed by atoms with Crippen molar-refractivity contribution in [3.05, 3.63) is 303 Å². The Morgan fingerprint density at radius 1 is 0.128 bits per heavy atom. The summed E-state index contributed by atoms with van der Waals surface area (Å²) in [6.07, 6.45) is 0. The van der Waals surface area contributed by atoms with Crippen LogP contribution in [0.4, 0.5) is 0 Å². The minimum absolute atomic E-state index is 0.616. The van der Waals surface area contributed by atoms with Crippen LogP contribution in [0, 0.1) is 0 Å². The van der Waals surface area contributed by atoms with Crippen LogP contribution < -0.4 is 0 Å². The van der Waals surface area contributed by atoms with E-state index < -0.39 is 0 Å². The lowest BCUT2D eigenvalue weighted by Crippen LogP contribution is -2.00. The van der Waals surface area contributed by atoms with E-state index in [-0.39, 0.29) is 0 Å². The molecule has 0 unspecified atom stereocenters. The molecule has 11 aromatic carbocycles. The van der Waals surface area contributed by atoms with E-state index in [1.54, 1.807) is 0 Å². The van der Waals surface area contributed by atoms with E-state index >= 15 is 0 Å². The van der Waals surface area contributed by atoms with E-state index in [0.717, 1.165) is 94.8 Å². The maximum atomic E-state index is 5.28. The second-order valence-electron chi connectivity index (χ2n) is 19.4. The van der Waals surface area contributed by atoms with E-state index in [1.807, 2.05) is 12.1 Å². The first kappa shape index (κ1) is 47.3. The molecule has 0 N–H and O–H groups in total. The van der Waals surface area contributed by atoms with E-state index in [0.29, 0.717) is 17.5 Å². The fourth-order valence-corrected chi connectivity index (χ4v) is 10.1. The van der Waals surface area contributed by atoms with E-state index in [9.17, 15) is 0 Å². The Hall–Kier alpha value is -10.4. The Kier molecular flexibility index (Phi) is 13.0. The summed E-state index contributed by atoms with van der Waals surface area (Å²) >= 11 is 0. The maximum Gasteiger partial charge on any atom is 0.164 e. The molecule has 2 heterocycles. The fourth-order valence-electron chi connectivity index (χ4n) is 10.1. The molecule has 0 saturated heterocycles. The summed E-state index contributed by atoms with van der Waals surface area (Å²) in [5, 5.41) is 0. The zero-order valence-electron chi connectivity index (χ0n) is 42.7. The van der Waals surface area contributed by atoms with Gasteiger partial charge in [0.1, 0.15) is 0 Å². The first-order valence-electron chi connectivity index (χ1n) is 26.3. The number of hydrogen-bond acceptors (Lipinski definition) is 4. The molecule has 366 valence electrons. The average molecular weight is 995 g/mol. The molecule has 2 aromatic heterocycles. The van der Waals surface area contributed by atoms with Crippen LogP contribution in [0.25, 0.3) is 135 Å². The molecule has 0 fully saturated rings. The molecular weight excluding hydrogens is 945 g/mol. The number of hydrogen-bond donors (Lipinski definition) is 0. The van der Waals surface area contributed by atoms with Gasteiger partial charge in [-0.25, -0.2) is 19.9 Å². The van der Waals surface area contributed by atoms with Gasteiger partial charge in [0, 0.05) is 27.8 Å². The van der Waals surface area contributed by atoms with Gasteiger partial charge in [-0.05, 0) is 96.1 Å². The normalized spacial score (nSPS) is 11.1. The molecule has 13 rings (SSSR count). The zero-order valence-corrected chi connectivity index (χ0v) is 42.7. The van der Waals surface area contributed by atoms with Gasteiger partial charge in [-0.15, -0.1) is 0 Å². The molecule has 0 atom stereocenters. The molecule has 4 nitrogen and oxygen atoms in total. The monoisotopic (exact) mass is 994 g/mol. The van der Waals surface area contributed by atoms with Crippen molar-refractivity contribution in [3.63, 3.8) is 0 Å². The van der Waals surface area contributed by atoms with Crippen molar-refractivity contribution in [2.75, 3.05) is 0 Å². The predicted octanol–water partition coefficient (Wildman–Crippen LogP) is 19.3. The van der Waals surface area contributed by atoms with Crippen LogP contribution in [-0.2, 0) is 0 Å². The molecule has 13 aromatic rings. The van der Waals surface area contributed by atoms with E-state index in [2.05, 4.69) is 291 Å². The second-order valence-corrected chi connectivity index (χ2v) is 19.4. The summed E-state index contributed by atoms with van der Waals surface area (Å²) in [6, 6.07) is 107. The molecule has 0 bridgehead atoms. The molecule has 0 spiro atoms. The van der Waals surface area contributed by atoms with Crippen LogP contribution in [0.3, 0.4) is 0 Å². The summed E-state index contributed by atoms with van der Waals surface area (Å²) in [5.41, 5.74) is 22.8. The van der Waals surface area contributed by atoms with Gasteiger partial charge in [-0.2, -0.15) is 0 Å². The van der Waals surface area contributed by atoms with Crippen LogP contribution >= 0.6 is 0 Å². The molecule has 0 aliphatic heterocycles. The van der Waals surface area contributed by atoms with Crippen LogP contribution in [-0.4, -0.2) is 19.9 Å². The highest BCUT2D eigenvalue weighted by Crippen LogP contribution is 2.36. The summed E-state index contributed by atoms with van der Waals surface area (Å²) < 4.78 is 0. The minimum atomic E-state index is 0.616. The Balaban J connectivity index is 0.789. The van der Waals surface area contributed by atoms with Crippen LogP contribution in [0.1, 0.15) is 0 Å². The van der Waals surface area contributed by atoms with Crippen molar-refractivity contribution in [3.8, 4) is 135 Å². The van der Waals surface area contributed by atoms with Gasteiger partial charge in [-0.1, -0.05) is 285 Å². The Labute approximate surface area is 455 Å². The SMILES string of the molecule is c1ccc(-c2ccc(-c3cc(-c4ccc(-c5cccc(-c6ccc(-c7nc(-c8ccc(-c9ccccc9)cc8)nc(-c8ccc(-c9ccccc9)cc8)n7)cc6)c5)cc4)cc(-c4ccc(-c5ccccc5)cc4)n3)cc2)cc1. The Morgan fingerprint density at radius 3 is 0.615 bits per heavy atom. The van der Waals surface area contributed by atoms with E-state index in [4.69, 9.17) is 19.9 Å². The molecule has 4 heteroatoms. The molecule has 78 heavy (non-hydrogen) atoms. The number of pyridine rings is 1. The Bertz CT molecular complexity index is 3670. The van der Waals surface area contributed by atoms with Crippen molar-refractivity contribution < 1.29 is 0 Å². The molecule has 0 radical (unpaired) electrons. The second kappa shape index (κ2) is 21.4. The molecule has 0 aliphatic carbocycles. The van der Waals surface area contributed by atoms with Crippen molar-refractivity contribution in [2.45, 2.75) is 0 Å². The first-order valence-corrected chi connectivity index (χ1v) is 26.3.